The first-order valence-corrected chi connectivity index (χ1v) is 9.00. The molecule has 1 N–H and O–H groups in total. The van der Waals surface area contributed by atoms with Gasteiger partial charge in [0.2, 0.25) is 11.1 Å². The fourth-order valence-corrected chi connectivity index (χ4v) is 3.47. The number of aryl methyl sites for hydroxylation is 2. The van der Waals surface area contributed by atoms with Gasteiger partial charge < -0.3 is 10.1 Å². The molecule has 1 aromatic heterocycles. The van der Waals surface area contributed by atoms with E-state index in [0.717, 1.165) is 36.3 Å². The summed E-state index contributed by atoms with van der Waals surface area (Å²) in [6.45, 7) is 5.40. The van der Waals surface area contributed by atoms with Crippen LogP contribution < -0.4 is 5.32 Å². The van der Waals surface area contributed by atoms with Crippen LogP contribution in [0, 0.1) is 13.8 Å². The Balaban J connectivity index is 1.60. The summed E-state index contributed by atoms with van der Waals surface area (Å²) in [6.07, 6.45) is 2.23. The van der Waals surface area contributed by atoms with Crippen LogP contribution in [0.1, 0.15) is 24.0 Å². The lowest BCUT2D eigenvalue weighted by molar-refractivity contribution is -0.119. The van der Waals surface area contributed by atoms with Crippen molar-refractivity contribution in [3.63, 3.8) is 0 Å². The molecule has 1 unspecified atom stereocenters. The molecule has 2 heterocycles. The highest BCUT2D eigenvalue weighted by molar-refractivity contribution is 7.99. The van der Waals surface area contributed by atoms with Crippen LogP contribution in [0.15, 0.2) is 23.4 Å². The van der Waals surface area contributed by atoms with Crippen LogP contribution in [0.3, 0.4) is 0 Å². The van der Waals surface area contributed by atoms with Gasteiger partial charge in [-0.3, -0.25) is 4.79 Å². The van der Waals surface area contributed by atoms with Crippen LogP contribution in [0.4, 0.5) is 0 Å². The molecule has 1 aliphatic heterocycles. The van der Waals surface area contributed by atoms with E-state index in [9.17, 15) is 4.79 Å². The number of carbonyl (C=O) groups is 1. The molecule has 3 rings (SSSR count). The average molecular weight is 347 g/mol. The summed E-state index contributed by atoms with van der Waals surface area (Å²) in [6, 6.07) is 6.05. The van der Waals surface area contributed by atoms with Crippen LogP contribution in [-0.4, -0.2) is 51.1 Å². The molecule has 7 nitrogen and oxygen atoms in total. The molecule has 1 atom stereocenters. The molecule has 0 aliphatic carbocycles. The maximum absolute atomic E-state index is 12.0. The van der Waals surface area contributed by atoms with Crippen molar-refractivity contribution in [3.8, 4) is 5.69 Å². The van der Waals surface area contributed by atoms with Gasteiger partial charge in [-0.1, -0.05) is 30.0 Å². The molecule has 0 radical (unpaired) electrons. The number of nitrogens with one attached hydrogen (secondary N) is 1. The fraction of sp³-hybridized carbons (Fsp3) is 0.500. The van der Waals surface area contributed by atoms with Gasteiger partial charge in [-0.05, 0) is 48.2 Å². The zero-order valence-corrected chi connectivity index (χ0v) is 14.7. The summed E-state index contributed by atoms with van der Waals surface area (Å²) < 4.78 is 7.20. The van der Waals surface area contributed by atoms with E-state index in [2.05, 4.69) is 20.8 Å². The molecule has 0 saturated carbocycles. The van der Waals surface area contributed by atoms with Gasteiger partial charge in [0.1, 0.15) is 0 Å². The molecule has 2 aromatic rings. The zero-order valence-electron chi connectivity index (χ0n) is 13.9. The van der Waals surface area contributed by atoms with Crippen LogP contribution in [0.25, 0.3) is 5.69 Å². The number of hydrogen-bond acceptors (Lipinski definition) is 6. The SMILES string of the molecule is Cc1cccc(C)c1-n1nnnc1SCC(=O)NCC1CCCO1. The lowest BCUT2D eigenvalue weighted by Gasteiger charge is -2.11. The van der Waals surface area contributed by atoms with Crippen molar-refractivity contribution in [2.75, 3.05) is 18.9 Å². The molecular formula is C16H21N5O2S. The van der Waals surface area contributed by atoms with Gasteiger partial charge in [0.25, 0.3) is 0 Å². The Kier molecular flexibility index (Phi) is 5.47. The van der Waals surface area contributed by atoms with E-state index < -0.39 is 0 Å². The molecule has 1 saturated heterocycles. The third-order valence-electron chi connectivity index (χ3n) is 3.98. The maximum Gasteiger partial charge on any atom is 0.230 e. The standard InChI is InChI=1S/C16H21N5O2S/c1-11-5-3-6-12(2)15(11)21-16(18-19-20-21)24-10-14(22)17-9-13-7-4-8-23-13/h3,5-6,13H,4,7-10H2,1-2H3,(H,17,22). The van der Waals surface area contributed by atoms with Gasteiger partial charge in [0, 0.05) is 13.2 Å². The highest BCUT2D eigenvalue weighted by Gasteiger charge is 2.17. The first-order chi connectivity index (χ1) is 11.6. The van der Waals surface area contributed by atoms with Gasteiger partial charge >= 0.3 is 0 Å². The molecule has 1 amide bonds. The zero-order chi connectivity index (χ0) is 16.9. The van der Waals surface area contributed by atoms with Crippen molar-refractivity contribution >= 4 is 17.7 Å². The van der Waals surface area contributed by atoms with Crippen LogP contribution in [-0.2, 0) is 9.53 Å². The second-order valence-corrected chi connectivity index (χ2v) is 6.78. The monoisotopic (exact) mass is 347 g/mol. The number of carbonyl (C=O) groups excluding carboxylic acids is 1. The Labute approximate surface area is 145 Å². The number of amides is 1. The predicted molar refractivity (Wildman–Crippen MR) is 91.3 cm³/mol. The van der Waals surface area contributed by atoms with Crippen LogP contribution in [0.2, 0.25) is 0 Å². The third-order valence-corrected chi connectivity index (χ3v) is 4.89. The molecular weight excluding hydrogens is 326 g/mol. The van der Waals surface area contributed by atoms with Gasteiger partial charge in [-0.25, -0.2) is 0 Å². The Bertz CT molecular complexity index is 692. The Hall–Kier alpha value is -1.93. The van der Waals surface area contributed by atoms with Gasteiger partial charge in [0.15, 0.2) is 0 Å². The number of thioether (sulfide) groups is 1. The molecule has 128 valence electrons. The van der Waals surface area contributed by atoms with E-state index in [4.69, 9.17) is 4.74 Å². The van der Waals surface area contributed by atoms with E-state index in [1.165, 1.54) is 11.8 Å². The van der Waals surface area contributed by atoms with Crippen molar-refractivity contribution in [3.05, 3.63) is 29.3 Å². The summed E-state index contributed by atoms with van der Waals surface area (Å²) in [7, 11) is 0. The molecule has 1 aliphatic rings. The van der Waals surface area contributed by atoms with Crippen molar-refractivity contribution in [2.45, 2.75) is 37.9 Å². The second kappa shape index (κ2) is 7.76. The Morgan fingerprint density at radius 2 is 2.21 bits per heavy atom. The number of tetrazole rings is 1. The highest BCUT2D eigenvalue weighted by Crippen LogP contribution is 2.23. The summed E-state index contributed by atoms with van der Waals surface area (Å²) >= 11 is 1.33. The number of rotatable bonds is 6. The van der Waals surface area contributed by atoms with Crippen molar-refractivity contribution in [1.29, 1.82) is 0 Å². The summed E-state index contributed by atoms with van der Waals surface area (Å²) in [5, 5.41) is 15.4. The number of para-hydroxylation sites is 1. The predicted octanol–water partition coefficient (Wildman–Crippen LogP) is 1.67. The van der Waals surface area contributed by atoms with Gasteiger partial charge in [-0.15, -0.1) is 5.10 Å². The Morgan fingerprint density at radius 1 is 1.42 bits per heavy atom. The van der Waals surface area contributed by atoms with Crippen molar-refractivity contribution in [1.82, 2.24) is 25.5 Å². The number of nitrogens with zero attached hydrogens (tertiary/aromatic N) is 4. The van der Waals surface area contributed by atoms with E-state index in [0.29, 0.717) is 11.7 Å². The first kappa shape index (κ1) is 16.9. The Morgan fingerprint density at radius 3 is 2.92 bits per heavy atom. The second-order valence-electron chi connectivity index (χ2n) is 5.84. The van der Waals surface area contributed by atoms with E-state index in [-0.39, 0.29) is 17.8 Å². The maximum atomic E-state index is 12.0. The number of ether oxygens (including phenoxy) is 1. The van der Waals surface area contributed by atoms with Crippen molar-refractivity contribution in [2.24, 2.45) is 0 Å². The molecule has 1 aromatic carbocycles. The fourth-order valence-electron chi connectivity index (χ4n) is 2.76. The highest BCUT2D eigenvalue weighted by atomic mass is 32.2. The summed E-state index contributed by atoms with van der Waals surface area (Å²) in [4.78, 5) is 12.0. The van der Waals surface area contributed by atoms with Crippen LogP contribution >= 0.6 is 11.8 Å². The molecule has 0 spiro atoms. The normalized spacial score (nSPS) is 17.2. The van der Waals surface area contributed by atoms with E-state index >= 15 is 0 Å². The van der Waals surface area contributed by atoms with Crippen LogP contribution in [0.5, 0.6) is 0 Å². The van der Waals surface area contributed by atoms with E-state index in [1.54, 1.807) is 4.68 Å². The number of hydrogen-bond donors (Lipinski definition) is 1. The van der Waals surface area contributed by atoms with Crippen molar-refractivity contribution < 1.29 is 9.53 Å². The van der Waals surface area contributed by atoms with Gasteiger partial charge in [0.05, 0.1) is 17.5 Å². The summed E-state index contributed by atoms with van der Waals surface area (Å²) in [5.41, 5.74) is 3.14. The molecule has 24 heavy (non-hydrogen) atoms. The minimum Gasteiger partial charge on any atom is -0.376 e. The smallest absolute Gasteiger partial charge is 0.230 e. The lowest BCUT2D eigenvalue weighted by atomic mass is 10.1. The van der Waals surface area contributed by atoms with E-state index in [1.807, 2.05) is 32.0 Å². The molecule has 0 bridgehead atoms. The number of aromatic nitrogens is 4. The summed E-state index contributed by atoms with van der Waals surface area (Å²) in [5.74, 6) is 0.240. The topological polar surface area (TPSA) is 81.9 Å². The third kappa shape index (κ3) is 3.93. The number of benzene rings is 1. The minimum absolute atomic E-state index is 0.0356. The average Bonchev–Trinajstić information content (AvgIpc) is 3.23. The quantitative estimate of drug-likeness (QED) is 0.801. The first-order valence-electron chi connectivity index (χ1n) is 8.01. The minimum atomic E-state index is -0.0356. The molecule has 1 fully saturated rings. The molecule has 8 heteroatoms. The largest absolute Gasteiger partial charge is 0.376 e. The van der Waals surface area contributed by atoms with Gasteiger partial charge in [-0.2, -0.15) is 4.68 Å². The lowest BCUT2D eigenvalue weighted by Crippen LogP contribution is -2.32.